The Morgan fingerprint density at radius 3 is 2.32 bits per heavy atom. The lowest BCUT2D eigenvalue weighted by atomic mass is 9.90. The molecule has 47 heavy (non-hydrogen) atoms. The Morgan fingerprint density at radius 2 is 1.57 bits per heavy atom. The van der Waals surface area contributed by atoms with Crippen LogP contribution in [0.2, 0.25) is 0 Å². The molecule has 0 unspecified atom stereocenters. The molecule has 3 aromatic carbocycles. The molecule has 2 fully saturated rings. The molecule has 0 atom stereocenters. The molecule has 2 amide bonds. The second-order valence-electron chi connectivity index (χ2n) is 11.9. The van der Waals surface area contributed by atoms with Gasteiger partial charge in [-0.25, -0.2) is 9.37 Å². The van der Waals surface area contributed by atoms with Gasteiger partial charge in [0.05, 0.1) is 19.4 Å². The van der Waals surface area contributed by atoms with Crippen molar-refractivity contribution in [2.75, 3.05) is 26.3 Å². The molecule has 10 nitrogen and oxygen atoms in total. The molecule has 0 spiro atoms. The quantitative estimate of drug-likeness (QED) is 0.191. The van der Waals surface area contributed by atoms with E-state index in [9.17, 15) is 24.2 Å². The van der Waals surface area contributed by atoms with Gasteiger partial charge in [-0.15, -0.1) is 0 Å². The maximum atomic E-state index is 14.3. The molecule has 1 aliphatic carbocycles. The van der Waals surface area contributed by atoms with Gasteiger partial charge in [0.1, 0.15) is 28.6 Å². The largest absolute Gasteiger partial charge is 0.508 e. The summed E-state index contributed by atoms with van der Waals surface area (Å²) in [6, 6.07) is 19.7. The van der Waals surface area contributed by atoms with E-state index in [4.69, 9.17) is 9.47 Å². The highest BCUT2D eigenvalue weighted by Crippen LogP contribution is 2.33. The molecule has 4 N–H and O–H groups in total. The summed E-state index contributed by atoms with van der Waals surface area (Å²) in [7, 11) is 0. The number of phenolic OH excluding ortho intramolecular Hbond substituents is 2. The number of halogens is 1. The number of phenols is 2. The van der Waals surface area contributed by atoms with Crippen LogP contribution in [0.3, 0.4) is 0 Å². The molecule has 2 aliphatic rings. The Bertz CT molecular complexity index is 1740. The predicted molar refractivity (Wildman–Crippen MR) is 173 cm³/mol. The molecule has 1 aliphatic heterocycles. The standard InChI is InChI=1S/C36H37FN4O6/c37-26-20-33(35(45)40-28-9-7-27(8-10-28)39-34(44)24-4-1-5-29(42)17-24)36(38-21-26)47-31-6-2-3-23(19-31)32-12-11-30(43)18-25(32)22-41-13-15-46-16-14-41/h1-6,11-12,17-21,27-28,42-43H,7-10,13-16,22H2,(H,39,44)(H,40,45)/t27-,28-. The summed E-state index contributed by atoms with van der Waals surface area (Å²) < 4.78 is 25.9. The lowest BCUT2D eigenvalue weighted by molar-refractivity contribution is 0.0342. The molecule has 1 aromatic heterocycles. The summed E-state index contributed by atoms with van der Waals surface area (Å²) >= 11 is 0. The van der Waals surface area contributed by atoms with Crippen LogP contribution < -0.4 is 15.4 Å². The molecule has 2 heterocycles. The van der Waals surface area contributed by atoms with Crippen LogP contribution in [0.15, 0.2) is 79.0 Å². The molecule has 244 valence electrons. The van der Waals surface area contributed by atoms with Crippen molar-refractivity contribution in [3.63, 3.8) is 0 Å². The Morgan fingerprint density at radius 1 is 0.872 bits per heavy atom. The van der Waals surface area contributed by atoms with Crippen LogP contribution in [0.4, 0.5) is 4.39 Å². The van der Waals surface area contributed by atoms with E-state index in [0.717, 1.165) is 42.0 Å². The molecule has 11 heteroatoms. The number of nitrogens with zero attached hydrogens (tertiary/aromatic N) is 2. The number of nitrogens with one attached hydrogen (secondary N) is 2. The van der Waals surface area contributed by atoms with Crippen LogP contribution in [0, 0.1) is 5.82 Å². The fraction of sp³-hybridized carbons (Fsp3) is 0.306. The Labute approximate surface area is 272 Å². The minimum atomic E-state index is -0.661. The van der Waals surface area contributed by atoms with Gasteiger partial charge in [0.2, 0.25) is 5.88 Å². The topological polar surface area (TPSA) is 133 Å². The zero-order chi connectivity index (χ0) is 32.8. The number of aromatic nitrogens is 1. The van der Waals surface area contributed by atoms with E-state index in [2.05, 4.69) is 20.5 Å². The van der Waals surface area contributed by atoms with E-state index in [-0.39, 0.29) is 40.9 Å². The number of ether oxygens (including phenoxy) is 2. The highest BCUT2D eigenvalue weighted by atomic mass is 19.1. The van der Waals surface area contributed by atoms with E-state index in [1.807, 2.05) is 24.3 Å². The van der Waals surface area contributed by atoms with Crippen molar-refractivity contribution in [1.82, 2.24) is 20.5 Å². The molecule has 1 saturated heterocycles. The van der Waals surface area contributed by atoms with Gasteiger partial charge in [-0.3, -0.25) is 14.5 Å². The summed E-state index contributed by atoms with van der Waals surface area (Å²) in [6.45, 7) is 3.58. The van der Waals surface area contributed by atoms with Gasteiger partial charge in [0.25, 0.3) is 11.8 Å². The number of hydrogen-bond donors (Lipinski definition) is 4. The first-order chi connectivity index (χ1) is 22.8. The fourth-order valence-electron chi connectivity index (χ4n) is 6.06. The highest BCUT2D eigenvalue weighted by Gasteiger charge is 2.26. The summed E-state index contributed by atoms with van der Waals surface area (Å²) in [5.74, 6) is -0.812. The number of pyridine rings is 1. The number of aromatic hydroxyl groups is 2. The van der Waals surface area contributed by atoms with E-state index in [1.54, 1.807) is 30.3 Å². The van der Waals surface area contributed by atoms with Crippen LogP contribution in [0.1, 0.15) is 52.0 Å². The Hall–Kier alpha value is -5.00. The maximum Gasteiger partial charge on any atom is 0.257 e. The molecule has 0 bridgehead atoms. The third-order valence-electron chi connectivity index (χ3n) is 8.51. The van der Waals surface area contributed by atoms with E-state index < -0.39 is 11.7 Å². The van der Waals surface area contributed by atoms with Gasteiger partial charge in [-0.2, -0.15) is 0 Å². The first-order valence-electron chi connectivity index (χ1n) is 15.8. The number of benzene rings is 3. The van der Waals surface area contributed by atoms with Gasteiger partial charge >= 0.3 is 0 Å². The van der Waals surface area contributed by atoms with Gasteiger partial charge < -0.3 is 30.3 Å². The van der Waals surface area contributed by atoms with Crippen molar-refractivity contribution in [3.05, 3.63) is 102 Å². The lowest BCUT2D eigenvalue weighted by Crippen LogP contribution is -2.43. The zero-order valence-electron chi connectivity index (χ0n) is 25.8. The smallest absolute Gasteiger partial charge is 0.257 e. The summed E-state index contributed by atoms with van der Waals surface area (Å²) in [6.07, 6.45) is 3.56. The summed E-state index contributed by atoms with van der Waals surface area (Å²) in [5, 5.41) is 25.8. The number of hydrogen-bond acceptors (Lipinski definition) is 8. The van der Waals surface area contributed by atoms with Crippen molar-refractivity contribution in [1.29, 1.82) is 0 Å². The average Bonchev–Trinajstić information content (AvgIpc) is 3.07. The van der Waals surface area contributed by atoms with Gasteiger partial charge in [0, 0.05) is 37.3 Å². The maximum absolute atomic E-state index is 14.3. The van der Waals surface area contributed by atoms with E-state index in [0.29, 0.717) is 56.8 Å². The Kier molecular flexibility index (Phi) is 9.94. The fourth-order valence-corrected chi connectivity index (χ4v) is 6.06. The third kappa shape index (κ3) is 8.24. The number of carbonyl (C=O) groups excluding carboxylic acids is 2. The SMILES string of the molecule is O=C(N[C@H]1CC[C@H](NC(=O)c2cc(F)cnc2Oc2cccc(-c3ccc(O)cc3CN3CCOCC3)c2)CC1)c1cccc(O)c1. The lowest BCUT2D eigenvalue weighted by Gasteiger charge is -2.29. The van der Waals surface area contributed by atoms with Crippen LogP contribution in [0.25, 0.3) is 11.1 Å². The van der Waals surface area contributed by atoms with Crippen LogP contribution in [-0.2, 0) is 11.3 Å². The van der Waals surface area contributed by atoms with Crippen molar-refractivity contribution >= 4 is 11.8 Å². The minimum absolute atomic E-state index is 0.0210. The molecule has 6 rings (SSSR count). The minimum Gasteiger partial charge on any atom is -0.508 e. The first kappa shape index (κ1) is 32.0. The number of morpholine rings is 1. The number of carbonyl (C=O) groups is 2. The van der Waals surface area contributed by atoms with Crippen molar-refractivity contribution in [3.8, 4) is 34.3 Å². The van der Waals surface area contributed by atoms with Crippen molar-refractivity contribution in [2.45, 2.75) is 44.3 Å². The van der Waals surface area contributed by atoms with Crippen LogP contribution in [0.5, 0.6) is 23.1 Å². The normalized spacial score (nSPS) is 18.3. The number of rotatable bonds is 9. The van der Waals surface area contributed by atoms with Crippen molar-refractivity contribution in [2.24, 2.45) is 0 Å². The Balaban J connectivity index is 1.11. The van der Waals surface area contributed by atoms with E-state index in [1.165, 1.54) is 12.1 Å². The predicted octanol–water partition coefficient (Wildman–Crippen LogP) is 5.39. The second kappa shape index (κ2) is 14.6. The highest BCUT2D eigenvalue weighted by molar-refractivity contribution is 5.97. The first-order valence-corrected chi connectivity index (χ1v) is 15.8. The summed E-state index contributed by atoms with van der Waals surface area (Å²) in [4.78, 5) is 32.3. The molecule has 0 radical (unpaired) electrons. The average molecular weight is 641 g/mol. The molecule has 4 aromatic rings. The molecular formula is C36H37FN4O6. The third-order valence-corrected chi connectivity index (χ3v) is 8.51. The summed E-state index contributed by atoms with van der Waals surface area (Å²) in [5.41, 5.74) is 3.10. The van der Waals surface area contributed by atoms with Crippen LogP contribution >= 0.6 is 0 Å². The van der Waals surface area contributed by atoms with E-state index >= 15 is 0 Å². The van der Waals surface area contributed by atoms with Gasteiger partial charge in [-0.1, -0.05) is 24.3 Å². The monoisotopic (exact) mass is 640 g/mol. The van der Waals surface area contributed by atoms with Crippen LogP contribution in [-0.4, -0.2) is 70.3 Å². The van der Waals surface area contributed by atoms with Gasteiger partial charge in [0.15, 0.2) is 0 Å². The second-order valence-corrected chi connectivity index (χ2v) is 11.9. The zero-order valence-corrected chi connectivity index (χ0v) is 25.8. The number of amides is 2. The van der Waals surface area contributed by atoms with Gasteiger partial charge in [-0.05, 0) is 90.9 Å². The molecule has 1 saturated carbocycles. The van der Waals surface area contributed by atoms with Crippen molar-refractivity contribution < 1.29 is 33.7 Å². The molecular weight excluding hydrogens is 603 g/mol.